The van der Waals surface area contributed by atoms with Crippen LogP contribution in [-0.2, 0) is 0 Å². The molecule has 170 valence electrons. The molecule has 35 heavy (non-hydrogen) atoms. The van der Waals surface area contributed by atoms with Crippen LogP contribution in [0.3, 0.4) is 0 Å². The molecule has 0 N–H and O–H groups in total. The molecule has 6 aromatic carbocycles. The minimum atomic E-state index is 0.181. The predicted octanol–water partition coefficient (Wildman–Crippen LogP) is 6.95. The zero-order valence-corrected chi connectivity index (χ0v) is 21.6. The van der Waals surface area contributed by atoms with E-state index in [1.165, 1.54) is 82.1 Å². The van der Waals surface area contributed by atoms with Crippen molar-refractivity contribution in [2.75, 3.05) is 0 Å². The Morgan fingerprint density at radius 3 is 1.40 bits per heavy atom. The summed E-state index contributed by atoms with van der Waals surface area (Å²) >= 11 is 0. The maximum atomic E-state index is 2.39. The van der Waals surface area contributed by atoms with Crippen LogP contribution in [0.5, 0.6) is 0 Å². The maximum absolute atomic E-state index is 2.39. The highest BCUT2D eigenvalue weighted by molar-refractivity contribution is 6.98. The first-order valence-electron chi connectivity index (χ1n) is 12.7. The smallest absolute Gasteiger partial charge is 0.0657 e. The minimum Gasteiger partial charge on any atom is -0.0657 e. The molecule has 0 saturated carbocycles. The van der Waals surface area contributed by atoms with Crippen molar-refractivity contribution < 1.29 is 0 Å². The highest BCUT2D eigenvalue weighted by Crippen LogP contribution is 2.34. The van der Waals surface area contributed by atoms with E-state index >= 15 is 0 Å². The van der Waals surface area contributed by atoms with E-state index in [2.05, 4.69) is 120 Å². The summed E-state index contributed by atoms with van der Waals surface area (Å²) in [5.74, 6) is 0. The molecule has 0 radical (unpaired) electrons. The van der Waals surface area contributed by atoms with Gasteiger partial charge in [0, 0.05) is 0 Å². The van der Waals surface area contributed by atoms with Crippen LogP contribution in [0.2, 0.25) is 0 Å². The van der Waals surface area contributed by atoms with E-state index in [1.54, 1.807) is 0 Å². The third-order valence-corrected chi connectivity index (χ3v) is 7.93. The van der Waals surface area contributed by atoms with Crippen molar-refractivity contribution in [2.45, 2.75) is 41.5 Å². The molecule has 0 aromatic heterocycles. The minimum absolute atomic E-state index is 0.181. The summed E-state index contributed by atoms with van der Waals surface area (Å²) < 4.78 is 0. The topological polar surface area (TPSA) is 0 Å². The number of aryl methyl sites for hydroxylation is 6. The van der Waals surface area contributed by atoms with Crippen LogP contribution in [0, 0.1) is 41.5 Å². The second-order valence-corrected chi connectivity index (χ2v) is 10.6. The molecular weight excluding hydrogens is 419 g/mol. The van der Waals surface area contributed by atoms with Gasteiger partial charge in [-0.2, -0.15) is 0 Å². The van der Waals surface area contributed by atoms with Crippen LogP contribution >= 0.6 is 0 Å². The molecule has 0 aliphatic heterocycles. The fourth-order valence-electron chi connectivity index (χ4n) is 6.76. The fraction of sp³-hybridized carbons (Fsp3) is 0.176. The zero-order valence-electron chi connectivity index (χ0n) is 21.6. The first-order valence-corrected chi connectivity index (χ1v) is 12.7. The van der Waals surface area contributed by atoms with E-state index in [0.29, 0.717) is 0 Å². The summed E-state index contributed by atoms with van der Waals surface area (Å²) in [5.41, 5.74) is 12.4. The SMILES string of the molecule is Cc1cc(C)c(B(c2c(C)cc(C)cc2C)c2ccc3ccc4cccc5ccc2c3c45)c(C)c1. The van der Waals surface area contributed by atoms with Crippen molar-refractivity contribution in [3.05, 3.63) is 112 Å². The van der Waals surface area contributed by atoms with E-state index in [1.807, 2.05) is 0 Å². The third-order valence-electron chi connectivity index (χ3n) is 7.93. The van der Waals surface area contributed by atoms with Crippen molar-refractivity contribution in [3.8, 4) is 0 Å². The van der Waals surface area contributed by atoms with Crippen LogP contribution in [0.15, 0.2) is 78.9 Å². The molecule has 6 aromatic rings. The lowest BCUT2D eigenvalue weighted by molar-refractivity contribution is 1.34. The average molecular weight is 450 g/mol. The number of benzene rings is 6. The monoisotopic (exact) mass is 450 g/mol. The number of hydrogen-bond acceptors (Lipinski definition) is 0. The van der Waals surface area contributed by atoms with Gasteiger partial charge in [-0.3, -0.25) is 0 Å². The number of rotatable bonds is 3. The fourth-order valence-corrected chi connectivity index (χ4v) is 6.76. The summed E-state index contributed by atoms with van der Waals surface area (Å²) in [6.07, 6.45) is 0. The molecule has 0 bridgehead atoms. The average Bonchev–Trinajstić information content (AvgIpc) is 2.80. The summed E-state index contributed by atoms with van der Waals surface area (Å²) in [4.78, 5) is 0. The molecular formula is C34H31B. The first kappa shape index (κ1) is 21.9. The van der Waals surface area contributed by atoms with Gasteiger partial charge in [0.15, 0.2) is 0 Å². The Morgan fingerprint density at radius 2 is 0.886 bits per heavy atom. The largest absolute Gasteiger partial charge is 0.243 e. The molecule has 0 heterocycles. The van der Waals surface area contributed by atoms with Crippen molar-refractivity contribution >= 4 is 55.4 Å². The van der Waals surface area contributed by atoms with Gasteiger partial charge in [0.2, 0.25) is 6.71 Å². The van der Waals surface area contributed by atoms with Gasteiger partial charge in [-0.15, -0.1) is 0 Å². The highest BCUT2D eigenvalue weighted by Gasteiger charge is 2.30. The molecule has 0 aliphatic rings. The molecule has 0 unspecified atom stereocenters. The molecule has 0 fully saturated rings. The van der Waals surface area contributed by atoms with Crippen molar-refractivity contribution in [1.29, 1.82) is 0 Å². The van der Waals surface area contributed by atoms with Crippen molar-refractivity contribution in [1.82, 2.24) is 0 Å². The van der Waals surface area contributed by atoms with E-state index in [4.69, 9.17) is 0 Å². The van der Waals surface area contributed by atoms with Gasteiger partial charge in [0.05, 0.1) is 0 Å². The van der Waals surface area contributed by atoms with E-state index in [0.717, 1.165) is 0 Å². The van der Waals surface area contributed by atoms with Crippen molar-refractivity contribution in [3.63, 3.8) is 0 Å². The Labute approximate surface area is 209 Å². The van der Waals surface area contributed by atoms with Crippen LogP contribution in [-0.4, -0.2) is 6.71 Å². The lowest BCUT2D eigenvalue weighted by Crippen LogP contribution is -2.56. The standard InChI is InChI=1S/C34H31B/c1-20-16-22(3)33(23(4)17-20)35(34-24(5)18-21(2)19-25(34)6)30-15-13-28-11-10-26-8-7-9-27-12-14-29(30)32(28)31(26)27/h7-19H,1-6H3. The Bertz CT molecular complexity index is 1640. The molecule has 0 atom stereocenters. The van der Waals surface area contributed by atoms with Crippen LogP contribution in [0.1, 0.15) is 33.4 Å². The summed E-state index contributed by atoms with van der Waals surface area (Å²) in [5, 5.41) is 8.11. The lowest BCUT2D eigenvalue weighted by Gasteiger charge is -2.26. The van der Waals surface area contributed by atoms with Gasteiger partial charge in [-0.25, -0.2) is 0 Å². The van der Waals surface area contributed by atoms with E-state index < -0.39 is 0 Å². The molecule has 0 aliphatic carbocycles. The quantitative estimate of drug-likeness (QED) is 0.202. The second kappa shape index (κ2) is 7.99. The van der Waals surface area contributed by atoms with Crippen LogP contribution in [0.25, 0.3) is 32.3 Å². The van der Waals surface area contributed by atoms with Gasteiger partial charge in [0.1, 0.15) is 0 Å². The van der Waals surface area contributed by atoms with Crippen LogP contribution in [0.4, 0.5) is 0 Å². The molecule has 0 amide bonds. The van der Waals surface area contributed by atoms with Gasteiger partial charge in [-0.1, -0.05) is 129 Å². The molecule has 0 spiro atoms. The molecule has 6 rings (SSSR count). The third kappa shape index (κ3) is 3.37. The summed E-state index contributed by atoms with van der Waals surface area (Å²) in [7, 11) is 0. The molecule has 0 saturated heterocycles. The Balaban J connectivity index is 1.77. The molecule has 1 heteroatoms. The first-order chi connectivity index (χ1) is 16.8. The van der Waals surface area contributed by atoms with Gasteiger partial charge in [-0.05, 0) is 73.9 Å². The number of hydrogen-bond donors (Lipinski definition) is 0. The molecule has 0 nitrogen and oxygen atoms in total. The lowest BCUT2D eigenvalue weighted by atomic mass is 9.33. The van der Waals surface area contributed by atoms with E-state index in [9.17, 15) is 0 Å². The van der Waals surface area contributed by atoms with Gasteiger partial charge >= 0.3 is 0 Å². The Morgan fingerprint density at radius 1 is 0.457 bits per heavy atom. The Kier molecular flexibility index (Phi) is 5.00. The van der Waals surface area contributed by atoms with Crippen LogP contribution < -0.4 is 16.4 Å². The predicted molar refractivity (Wildman–Crippen MR) is 156 cm³/mol. The normalized spacial score (nSPS) is 11.7. The highest BCUT2D eigenvalue weighted by atomic mass is 14.2. The second-order valence-electron chi connectivity index (χ2n) is 10.6. The summed E-state index contributed by atoms with van der Waals surface area (Å²) in [6, 6.07) is 30.0. The van der Waals surface area contributed by atoms with Crippen molar-refractivity contribution in [2.24, 2.45) is 0 Å². The van der Waals surface area contributed by atoms with Gasteiger partial charge < -0.3 is 0 Å². The maximum Gasteiger partial charge on any atom is 0.243 e. The van der Waals surface area contributed by atoms with E-state index in [-0.39, 0.29) is 6.71 Å². The zero-order chi connectivity index (χ0) is 24.4. The summed E-state index contributed by atoms with van der Waals surface area (Å²) in [6.45, 7) is 13.7. The Hall–Kier alpha value is -3.58. The van der Waals surface area contributed by atoms with Gasteiger partial charge in [0.25, 0.3) is 0 Å².